The third kappa shape index (κ3) is 3.95. The topological polar surface area (TPSA) is 36.4 Å². The molecule has 2 aromatic rings. The van der Waals surface area contributed by atoms with E-state index in [1.54, 1.807) is 11.3 Å². The fourth-order valence-corrected chi connectivity index (χ4v) is 4.38. The molecule has 0 N–H and O–H groups in total. The molecule has 0 spiro atoms. The van der Waals surface area contributed by atoms with Crippen LogP contribution in [-0.2, 0) is 11.2 Å². The van der Waals surface area contributed by atoms with Gasteiger partial charge < -0.3 is 9.80 Å². The number of para-hydroxylation sites is 1. The smallest absolute Gasteiger partial charge is 0.222 e. The van der Waals surface area contributed by atoms with Crippen LogP contribution in [0.4, 0.5) is 0 Å². The highest BCUT2D eigenvalue weighted by molar-refractivity contribution is 7.18. The van der Waals surface area contributed by atoms with Crippen LogP contribution in [-0.4, -0.2) is 52.9 Å². The molecule has 1 aromatic heterocycles. The minimum absolute atomic E-state index is 0.247. The molecule has 0 bridgehead atoms. The summed E-state index contributed by atoms with van der Waals surface area (Å²) >= 11 is 1.70. The number of thiazole rings is 1. The van der Waals surface area contributed by atoms with E-state index in [1.165, 1.54) is 4.70 Å². The maximum atomic E-state index is 12.5. The van der Waals surface area contributed by atoms with Gasteiger partial charge in [0.25, 0.3) is 0 Å². The van der Waals surface area contributed by atoms with E-state index in [2.05, 4.69) is 29.8 Å². The average molecular weight is 346 g/mol. The van der Waals surface area contributed by atoms with E-state index in [9.17, 15) is 4.79 Å². The summed E-state index contributed by atoms with van der Waals surface area (Å²) in [6.07, 6.45) is 3.47. The van der Waals surface area contributed by atoms with E-state index in [0.717, 1.165) is 42.9 Å². The number of carbonyl (C=O) groups excluding carboxylic acids is 1. The van der Waals surface area contributed by atoms with Crippen LogP contribution >= 0.6 is 11.3 Å². The normalized spacial score (nSPS) is 16.8. The van der Waals surface area contributed by atoms with Gasteiger partial charge in [0.2, 0.25) is 5.91 Å². The predicted octanol–water partition coefficient (Wildman–Crippen LogP) is 3.56. The molecule has 1 aliphatic rings. The highest BCUT2D eigenvalue weighted by atomic mass is 32.1. The van der Waals surface area contributed by atoms with E-state index < -0.39 is 0 Å². The Hall–Kier alpha value is -1.46. The molecule has 2 heterocycles. The van der Waals surface area contributed by atoms with Gasteiger partial charge >= 0.3 is 0 Å². The van der Waals surface area contributed by atoms with E-state index in [4.69, 9.17) is 0 Å². The number of fused-ring (bicyclic) bond motifs is 1. The molecule has 130 valence electrons. The molecule has 1 aromatic carbocycles. The highest BCUT2D eigenvalue weighted by Gasteiger charge is 2.26. The monoisotopic (exact) mass is 345 g/mol. The molecule has 1 aliphatic heterocycles. The number of piperidine rings is 1. The maximum absolute atomic E-state index is 12.5. The minimum Gasteiger partial charge on any atom is -0.343 e. The summed E-state index contributed by atoms with van der Waals surface area (Å²) in [4.78, 5) is 21.6. The Kier molecular flexibility index (Phi) is 5.51. The number of aryl methyl sites for hydroxylation is 1. The first-order valence-electron chi connectivity index (χ1n) is 8.88. The van der Waals surface area contributed by atoms with Crippen molar-refractivity contribution in [1.29, 1.82) is 0 Å². The van der Waals surface area contributed by atoms with Gasteiger partial charge in [-0.1, -0.05) is 12.1 Å². The van der Waals surface area contributed by atoms with E-state index in [-0.39, 0.29) is 5.91 Å². The SMILES string of the molecule is CC(C)N1CCC(N(C)C(=O)CCc2nc3ccccc3s2)CC1. The Morgan fingerprint density at radius 1 is 1.33 bits per heavy atom. The summed E-state index contributed by atoms with van der Waals surface area (Å²) in [5.74, 6) is 0.247. The van der Waals surface area contributed by atoms with Gasteiger partial charge in [0.1, 0.15) is 0 Å². The number of likely N-dealkylation sites (tertiary alicyclic amines) is 1. The van der Waals surface area contributed by atoms with Crippen molar-refractivity contribution < 1.29 is 4.79 Å². The lowest BCUT2D eigenvalue weighted by Gasteiger charge is -2.38. The molecule has 0 saturated carbocycles. The number of carbonyl (C=O) groups is 1. The van der Waals surface area contributed by atoms with Crippen LogP contribution in [0.15, 0.2) is 24.3 Å². The van der Waals surface area contributed by atoms with Crippen molar-refractivity contribution in [3.63, 3.8) is 0 Å². The van der Waals surface area contributed by atoms with Crippen LogP contribution in [0.3, 0.4) is 0 Å². The molecule has 0 unspecified atom stereocenters. The largest absolute Gasteiger partial charge is 0.343 e. The van der Waals surface area contributed by atoms with Gasteiger partial charge in [-0.2, -0.15) is 0 Å². The molecule has 1 amide bonds. The lowest BCUT2D eigenvalue weighted by atomic mass is 10.0. The van der Waals surface area contributed by atoms with Crippen LogP contribution < -0.4 is 0 Å². The quantitative estimate of drug-likeness (QED) is 0.831. The fourth-order valence-electron chi connectivity index (χ4n) is 3.41. The zero-order chi connectivity index (χ0) is 17.1. The predicted molar refractivity (Wildman–Crippen MR) is 100 cm³/mol. The van der Waals surface area contributed by atoms with E-state index >= 15 is 0 Å². The lowest BCUT2D eigenvalue weighted by molar-refractivity contribution is -0.132. The standard InChI is InChI=1S/C19H27N3OS/c1-14(2)22-12-10-15(11-13-22)21(3)19(23)9-8-18-20-16-6-4-5-7-17(16)24-18/h4-7,14-15H,8-13H2,1-3H3. The Bertz CT molecular complexity index is 656. The van der Waals surface area contributed by atoms with E-state index in [0.29, 0.717) is 18.5 Å². The first-order valence-corrected chi connectivity index (χ1v) is 9.70. The van der Waals surface area contributed by atoms with Crippen LogP contribution in [0.1, 0.15) is 38.1 Å². The Balaban J connectivity index is 1.51. The van der Waals surface area contributed by atoms with Crippen molar-refractivity contribution in [3.8, 4) is 0 Å². The molecule has 3 rings (SSSR count). The van der Waals surface area contributed by atoms with E-state index in [1.807, 2.05) is 30.1 Å². The van der Waals surface area contributed by atoms with Gasteiger partial charge in [-0.05, 0) is 38.8 Å². The van der Waals surface area contributed by atoms with Gasteiger partial charge in [-0.3, -0.25) is 4.79 Å². The number of benzene rings is 1. The molecule has 0 radical (unpaired) electrons. The summed E-state index contributed by atoms with van der Waals surface area (Å²) in [5, 5.41) is 1.06. The molecule has 0 aliphatic carbocycles. The van der Waals surface area contributed by atoms with Crippen molar-refractivity contribution in [1.82, 2.24) is 14.8 Å². The second-order valence-electron chi connectivity index (χ2n) is 6.94. The molecule has 5 heteroatoms. The number of aromatic nitrogens is 1. The first kappa shape index (κ1) is 17.4. The van der Waals surface area contributed by atoms with Gasteiger partial charge in [0.05, 0.1) is 15.2 Å². The molecule has 24 heavy (non-hydrogen) atoms. The van der Waals surface area contributed by atoms with Gasteiger partial charge in [-0.25, -0.2) is 4.98 Å². The molecule has 1 fully saturated rings. The summed E-state index contributed by atoms with van der Waals surface area (Å²) in [6.45, 7) is 6.68. The second-order valence-corrected chi connectivity index (χ2v) is 8.06. The Morgan fingerprint density at radius 3 is 2.71 bits per heavy atom. The Morgan fingerprint density at radius 2 is 2.04 bits per heavy atom. The maximum Gasteiger partial charge on any atom is 0.222 e. The van der Waals surface area contributed by atoms with Crippen molar-refractivity contribution in [2.24, 2.45) is 0 Å². The zero-order valence-electron chi connectivity index (χ0n) is 14.9. The van der Waals surface area contributed by atoms with Crippen LogP contribution in [0.2, 0.25) is 0 Å². The third-order valence-electron chi connectivity index (χ3n) is 5.06. The average Bonchev–Trinajstić information content (AvgIpc) is 3.02. The van der Waals surface area contributed by atoms with Gasteiger partial charge in [0.15, 0.2) is 0 Å². The third-order valence-corrected chi connectivity index (χ3v) is 6.16. The Labute approximate surface area is 148 Å². The zero-order valence-corrected chi connectivity index (χ0v) is 15.7. The second kappa shape index (κ2) is 7.62. The number of hydrogen-bond donors (Lipinski definition) is 0. The van der Waals surface area contributed by atoms with Crippen LogP contribution in [0.25, 0.3) is 10.2 Å². The van der Waals surface area contributed by atoms with Gasteiger partial charge in [-0.15, -0.1) is 11.3 Å². The molecule has 0 atom stereocenters. The first-order chi connectivity index (χ1) is 11.5. The molecule has 1 saturated heterocycles. The number of amides is 1. The minimum atomic E-state index is 0.247. The molecular formula is C19H27N3OS. The number of nitrogens with zero attached hydrogens (tertiary/aromatic N) is 3. The van der Waals surface area contributed by atoms with Gasteiger partial charge in [0, 0.05) is 45.1 Å². The summed E-state index contributed by atoms with van der Waals surface area (Å²) in [6, 6.07) is 9.16. The molecular weight excluding hydrogens is 318 g/mol. The van der Waals surface area contributed by atoms with Crippen molar-refractivity contribution >= 4 is 27.5 Å². The molecule has 4 nitrogen and oxygen atoms in total. The lowest BCUT2D eigenvalue weighted by Crippen LogP contribution is -2.47. The van der Waals surface area contributed by atoms with Crippen molar-refractivity contribution in [2.45, 2.75) is 51.6 Å². The van der Waals surface area contributed by atoms with Crippen LogP contribution in [0, 0.1) is 0 Å². The summed E-state index contributed by atoms with van der Waals surface area (Å²) in [5.41, 5.74) is 1.04. The summed E-state index contributed by atoms with van der Waals surface area (Å²) < 4.78 is 1.20. The number of hydrogen-bond acceptors (Lipinski definition) is 4. The fraction of sp³-hybridized carbons (Fsp3) is 0.579. The number of rotatable bonds is 5. The van der Waals surface area contributed by atoms with Crippen molar-refractivity contribution in [2.75, 3.05) is 20.1 Å². The van der Waals surface area contributed by atoms with Crippen LogP contribution in [0.5, 0.6) is 0 Å². The summed E-state index contributed by atoms with van der Waals surface area (Å²) in [7, 11) is 1.97. The van der Waals surface area contributed by atoms with Crippen molar-refractivity contribution in [3.05, 3.63) is 29.3 Å². The highest BCUT2D eigenvalue weighted by Crippen LogP contribution is 2.23.